The summed E-state index contributed by atoms with van der Waals surface area (Å²) in [5.41, 5.74) is -2.75. The Kier molecular flexibility index (Phi) is 3.43. The van der Waals surface area contributed by atoms with Crippen LogP contribution in [0.2, 0.25) is 0 Å². The van der Waals surface area contributed by atoms with Crippen molar-refractivity contribution in [3.8, 4) is 0 Å². The molecule has 0 heterocycles. The van der Waals surface area contributed by atoms with Crippen LogP contribution in [0.15, 0.2) is 0 Å². The lowest BCUT2D eigenvalue weighted by Crippen LogP contribution is -2.53. The molecule has 0 aliphatic heterocycles. The van der Waals surface area contributed by atoms with Crippen LogP contribution >= 0.6 is 0 Å². The standard InChI is InChI=1S/C5H7N2O6/c1-5(6(10)11,7(12)13)4(9)2-3-8/h4,9H,2H2,1H3. The lowest BCUT2D eigenvalue weighted by Gasteiger charge is -2.15. The molecular weight excluding hydrogens is 184 g/mol. The topological polar surface area (TPSA) is 124 Å². The van der Waals surface area contributed by atoms with E-state index in [0.29, 0.717) is 6.92 Å². The normalized spacial score (nSPS) is 13.4. The third kappa shape index (κ3) is 1.96. The van der Waals surface area contributed by atoms with E-state index in [-0.39, 0.29) is 0 Å². The molecule has 0 aromatic heterocycles. The van der Waals surface area contributed by atoms with Gasteiger partial charge in [0.05, 0.1) is 13.3 Å². The smallest absolute Gasteiger partial charge is 0.379 e. The van der Waals surface area contributed by atoms with E-state index in [9.17, 15) is 25.0 Å². The molecule has 0 spiro atoms. The minimum atomic E-state index is -2.75. The van der Waals surface area contributed by atoms with Gasteiger partial charge in [0.2, 0.25) is 12.4 Å². The molecule has 1 radical (unpaired) electrons. The van der Waals surface area contributed by atoms with Crippen molar-refractivity contribution in [3.05, 3.63) is 20.2 Å². The molecule has 13 heavy (non-hydrogen) atoms. The van der Waals surface area contributed by atoms with Crippen LogP contribution in [0, 0.1) is 20.2 Å². The van der Waals surface area contributed by atoms with Gasteiger partial charge in [-0.15, -0.1) is 0 Å². The van der Waals surface area contributed by atoms with Gasteiger partial charge in [0, 0.05) is 0 Å². The fraction of sp³-hybridized carbons (Fsp3) is 0.800. The molecule has 0 fully saturated rings. The monoisotopic (exact) mass is 191 g/mol. The fourth-order valence-electron chi connectivity index (χ4n) is 0.582. The second-order valence-electron chi connectivity index (χ2n) is 2.47. The number of hydrogen-bond acceptors (Lipinski definition) is 6. The van der Waals surface area contributed by atoms with Crippen molar-refractivity contribution in [1.29, 1.82) is 0 Å². The van der Waals surface area contributed by atoms with E-state index >= 15 is 0 Å². The molecule has 73 valence electrons. The predicted octanol–water partition coefficient (Wildman–Crippen LogP) is -0.883. The van der Waals surface area contributed by atoms with Gasteiger partial charge in [0.1, 0.15) is 9.85 Å². The number of rotatable bonds is 5. The van der Waals surface area contributed by atoms with E-state index in [1.807, 2.05) is 0 Å². The van der Waals surface area contributed by atoms with E-state index in [4.69, 9.17) is 5.11 Å². The summed E-state index contributed by atoms with van der Waals surface area (Å²) in [5.74, 6) is 0. The maximum atomic E-state index is 10.3. The maximum Gasteiger partial charge on any atom is 0.481 e. The average molecular weight is 191 g/mol. The molecule has 0 amide bonds. The Bertz CT molecular complexity index is 225. The Labute approximate surface area is 72.5 Å². The molecule has 0 aromatic carbocycles. The average Bonchev–Trinajstić information content (AvgIpc) is 2.02. The molecule has 0 bridgehead atoms. The molecular formula is C5H7N2O6. The highest BCUT2D eigenvalue weighted by molar-refractivity contribution is 5.51. The van der Waals surface area contributed by atoms with Crippen molar-refractivity contribution in [2.75, 3.05) is 0 Å². The molecule has 0 saturated heterocycles. The first kappa shape index (κ1) is 11.4. The highest BCUT2D eigenvalue weighted by atomic mass is 16.7. The van der Waals surface area contributed by atoms with Crippen LogP contribution in [0.5, 0.6) is 0 Å². The number of carbonyl (C=O) groups excluding carboxylic acids is 1. The van der Waals surface area contributed by atoms with Gasteiger partial charge >= 0.3 is 5.66 Å². The van der Waals surface area contributed by atoms with Crippen LogP contribution < -0.4 is 0 Å². The zero-order chi connectivity index (χ0) is 10.6. The number of hydrogen-bond donors (Lipinski definition) is 1. The highest BCUT2D eigenvalue weighted by Crippen LogP contribution is 2.17. The first-order chi connectivity index (χ1) is 5.87. The zero-order valence-electron chi connectivity index (χ0n) is 6.67. The molecule has 0 rings (SSSR count). The van der Waals surface area contributed by atoms with Gasteiger partial charge in [-0.3, -0.25) is 25.0 Å². The van der Waals surface area contributed by atoms with E-state index < -0.39 is 28.0 Å². The fourth-order valence-corrected chi connectivity index (χ4v) is 0.582. The Morgan fingerprint density at radius 2 is 1.85 bits per heavy atom. The van der Waals surface area contributed by atoms with Crippen molar-refractivity contribution in [2.45, 2.75) is 25.1 Å². The third-order valence-electron chi connectivity index (χ3n) is 1.65. The van der Waals surface area contributed by atoms with Crippen molar-refractivity contribution in [3.63, 3.8) is 0 Å². The van der Waals surface area contributed by atoms with Crippen LogP contribution in [-0.4, -0.2) is 33.0 Å². The van der Waals surface area contributed by atoms with Gasteiger partial charge in [0.25, 0.3) is 0 Å². The van der Waals surface area contributed by atoms with Crippen molar-refractivity contribution < 1.29 is 19.7 Å². The number of aliphatic hydroxyl groups is 1. The second-order valence-corrected chi connectivity index (χ2v) is 2.47. The Hall–Kier alpha value is -1.57. The van der Waals surface area contributed by atoms with Gasteiger partial charge < -0.3 is 5.11 Å². The summed E-state index contributed by atoms with van der Waals surface area (Å²) in [5, 5.41) is 29.5. The molecule has 1 unspecified atom stereocenters. The summed E-state index contributed by atoms with van der Waals surface area (Å²) in [6.45, 7) is 0.634. The quantitative estimate of drug-likeness (QED) is 0.341. The Morgan fingerprint density at radius 1 is 1.46 bits per heavy atom. The van der Waals surface area contributed by atoms with Crippen LogP contribution in [-0.2, 0) is 4.79 Å². The first-order valence-corrected chi connectivity index (χ1v) is 3.19. The van der Waals surface area contributed by atoms with E-state index in [2.05, 4.69) is 0 Å². The summed E-state index contributed by atoms with van der Waals surface area (Å²) in [6.07, 6.45) is -1.57. The molecule has 0 aromatic rings. The lowest BCUT2D eigenvalue weighted by atomic mass is 10.0. The van der Waals surface area contributed by atoms with Crippen LogP contribution in [0.1, 0.15) is 13.3 Å². The predicted molar refractivity (Wildman–Crippen MR) is 38.7 cm³/mol. The molecule has 0 aliphatic carbocycles. The van der Waals surface area contributed by atoms with Crippen LogP contribution in [0.4, 0.5) is 0 Å². The molecule has 1 atom stereocenters. The molecule has 8 heteroatoms. The van der Waals surface area contributed by atoms with E-state index in [1.165, 1.54) is 6.29 Å². The molecule has 0 aliphatic rings. The van der Waals surface area contributed by atoms with Crippen LogP contribution in [0.25, 0.3) is 0 Å². The van der Waals surface area contributed by atoms with E-state index in [0.717, 1.165) is 0 Å². The number of aliphatic hydroxyl groups excluding tert-OH is 1. The van der Waals surface area contributed by atoms with Gasteiger partial charge in [-0.05, 0) is 0 Å². The first-order valence-electron chi connectivity index (χ1n) is 3.19. The molecule has 8 nitrogen and oxygen atoms in total. The summed E-state index contributed by atoms with van der Waals surface area (Å²) < 4.78 is 0. The maximum absolute atomic E-state index is 10.3. The molecule has 1 N–H and O–H groups in total. The Balaban J connectivity index is 4.89. The minimum absolute atomic E-state index is 0.634. The second kappa shape index (κ2) is 3.90. The van der Waals surface area contributed by atoms with E-state index in [1.54, 1.807) is 0 Å². The SMILES string of the molecule is CC(C(O)C[C]=O)([N+](=O)[O-])[N+](=O)[O-]. The van der Waals surface area contributed by atoms with Gasteiger partial charge in [-0.25, -0.2) is 0 Å². The van der Waals surface area contributed by atoms with Gasteiger partial charge in [-0.2, -0.15) is 0 Å². The van der Waals surface area contributed by atoms with Crippen LogP contribution in [0.3, 0.4) is 0 Å². The zero-order valence-corrected chi connectivity index (χ0v) is 6.67. The van der Waals surface area contributed by atoms with Crippen molar-refractivity contribution in [1.82, 2.24) is 0 Å². The van der Waals surface area contributed by atoms with Gasteiger partial charge in [-0.1, -0.05) is 0 Å². The summed E-state index contributed by atoms with van der Waals surface area (Å²) in [4.78, 5) is 27.8. The van der Waals surface area contributed by atoms with Gasteiger partial charge in [0.15, 0.2) is 0 Å². The largest absolute Gasteiger partial charge is 0.481 e. The highest BCUT2D eigenvalue weighted by Gasteiger charge is 2.57. The number of nitrogens with zero attached hydrogens (tertiary/aromatic N) is 2. The summed E-state index contributed by atoms with van der Waals surface area (Å²) in [7, 11) is 0. The lowest BCUT2D eigenvalue weighted by molar-refractivity contribution is -0.801. The van der Waals surface area contributed by atoms with Crippen molar-refractivity contribution in [2.24, 2.45) is 0 Å². The third-order valence-corrected chi connectivity index (χ3v) is 1.65. The molecule has 0 saturated carbocycles. The Morgan fingerprint density at radius 3 is 2.08 bits per heavy atom. The number of nitro groups is 2. The summed E-state index contributed by atoms with van der Waals surface area (Å²) >= 11 is 0. The minimum Gasteiger partial charge on any atom is -0.379 e. The summed E-state index contributed by atoms with van der Waals surface area (Å²) in [6, 6.07) is 0. The van der Waals surface area contributed by atoms with Crippen molar-refractivity contribution >= 4 is 6.29 Å².